The molecule has 1 aromatic heterocycles. The van der Waals surface area contributed by atoms with Crippen LogP contribution < -0.4 is 5.32 Å². The first kappa shape index (κ1) is 10.3. The molecule has 0 unspecified atom stereocenters. The Morgan fingerprint density at radius 1 is 1.12 bits per heavy atom. The fraction of sp³-hybridized carbons (Fsp3) is 0.833. The maximum Gasteiger partial charge on any atom is 0.150 e. The third kappa shape index (κ3) is 1.86. The molecular weight excluding hydrogens is 200 g/mol. The third-order valence-electron chi connectivity index (χ3n) is 3.94. The molecule has 1 aliphatic carbocycles. The summed E-state index contributed by atoms with van der Waals surface area (Å²) < 4.78 is 2.33. The average Bonchev–Trinajstić information content (AvgIpc) is 3.01. The van der Waals surface area contributed by atoms with Crippen LogP contribution in [0.25, 0.3) is 0 Å². The molecule has 1 N–H and O–H groups in total. The quantitative estimate of drug-likeness (QED) is 0.831. The van der Waals surface area contributed by atoms with Crippen molar-refractivity contribution in [3.8, 4) is 0 Å². The zero-order valence-electron chi connectivity index (χ0n) is 9.73. The Morgan fingerprint density at radius 3 is 2.69 bits per heavy atom. The number of rotatable bonds is 2. The molecule has 1 atom stereocenters. The minimum absolute atomic E-state index is 0.442. The highest BCUT2D eigenvalue weighted by Gasteiger charge is 2.25. The molecule has 2 aliphatic rings. The van der Waals surface area contributed by atoms with Crippen molar-refractivity contribution in [1.82, 2.24) is 20.1 Å². The van der Waals surface area contributed by atoms with E-state index in [1.54, 1.807) is 0 Å². The second-order valence-electron chi connectivity index (χ2n) is 5.04. The summed E-state index contributed by atoms with van der Waals surface area (Å²) in [5.74, 6) is 1.17. The summed E-state index contributed by atoms with van der Waals surface area (Å²) in [6.45, 7) is 1.13. The molecule has 88 valence electrons. The van der Waals surface area contributed by atoms with Gasteiger partial charge in [0.25, 0.3) is 0 Å². The lowest BCUT2D eigenvalue weighted by Gasteiger charge is -2.24. The van der Waals surface area contributed by atoms with E-state index in [-0.39, 0.29) is 0 Å². The van der Waals surface area contributed by atoms with E-state index >= 15 is 0 Å². The normalized spacial score (nSPS) is 27.4. The first-order chi connectivity index (χ1) is 7.95. The van der Waals surface area contributed by atoms with Crippen LogP contribution in [0.5, 0.6) is 0 Å². The highest BCUT2D eigenvalue weighted by molar-refractivity contribution is 4.99. The fourth-order valence-electron chi connectivity index (χ4n) is 3.04. The van der Waals surface area contributed by atoms with Crippen LogP contribution in [0, 0.1) is 0 Å². The summed E-state index contributed by atoms with van der Waals surface area (Å²) in [7, 11) is 0. The number of piperidine rings is 1. The van der Waals surface area contributed by atoms with Gasteiger partial charge in [-0.3, -0.25) is 0 Å². The fourth-order valence-corrected chi connectivity index (χ4v) is 3.04. The topological polar surface area (TPSA) is 42.7 Å². The van der Waals surface area contributed by atoms with Crippen LogP contribution in [0.4, 0.5) is 0 Å². The second-order valence-corrected chi connectivity index (χ2v) is 5.04. The van der Waals surface area contributed by atoms with E-state index in [0.717, 1.165) is 6.54 Å². The molecule has 1 aliphatic heterocycles. The Labute approximate surface area is 96.4 Å². The van der Waals surface area contributed by atoms with E-state index in [2.05, 4.69) is 20.1 Å². The van der Waals surface area contributed by atoms with Gasteiger partial charge < -0.3 is 9.88 Å². The van der Waals surface area contributed by atoms with Gasteiger partial charge in [-0.05, 0) is 32.2 Å². The first-order valence-corrected chi connectivity index (χ1v) is 6.58. The molecule has 2 fully saturated rings. The lowest BCUT2D eigenvalue weighted by atomic mass is 10.0. The van der Waals surface area contributed by atoms with Crippen molar-refractivity contribution < 1.29 is 0 Å². The van der Waals surface area contributed by atoms with Gasteiger partial charge >= 0.3 is 0 Å². The van der Waals surface area contributed by atoms with Crippen LogP contribution >= 0.6 is 0 Å². The zero-order chi connectivity index (χ0) is 10.8. The molecule has 0 aromatic carbocycles. The standard InChI is InChI=1S/C12H20N4/c1-2-6-10(5-1)16-9-14-15-12(16)11-7-3-4-8-13-11/h9-11,13H,1-8H2/t11-/m1/s1. The predicted molar refractivity (Wildman–Crippen MR) is 62.1 cm³/mol. The van der Waals surface area contributed by atoms with Crippen molar-refractivity contribution in [2.75, 3.05) is 6.54 Å². The van der Waals surface area contributed by atoms with Gasteiger partial charge in [0.05, 0.1) is 6.04 Å². The van der Waals surface area contributed by atoms with Crippen molar-refractivity contribution in [3.63, 3.8) is 0 Å². The van der Waals surface area contributed by atoms with Crippen molar-refractivity contribution in [2.45, 2.75) is 57.0 Å². The summed E-state index contributed by atoms with van der Waals surface area (Å²) in [5, 5.41) is 12.0. The van der Waals surface area contributed by atoms with Crippen LogP contribution in [0.15, 0.2) is 6.33 Å². The smallest absolute Gasteiger partial charge is 0.150 e. The second kappa shape index (κ2) is 4.53. The maximum absolute atomic E-state index is 4.33. The molecule has 0 radical (unpaired) electrons. The van der Waals surface area contributed by atoms with E-state index in [1.807, 2.05) is 6.33 Å². The summed E-state index contributed by atoms with van der Waals surface area (Å²) in [5.41, 5.74) is 0. The molecular formula is C12H20N4. The van der Waals surface area contributed by atoms with E-state index in [4.69, 9.17) is 0 Å². The summed E-state index contributed by atoms with van der Waals surface area (Å²) >= 11 is 0. The zero-order valence-corrected chi connectivity index (χ0v) is 9.73. The Hall–Kier alpha value is -0.900. The molecule has 1 saturated heterocycles. The Morgan fingerprint density at radius 2 is 1.94 bits per heavy atom. The SMILES string of the molecule is c1nnc([C@H]2CCCCN2)n1C1CCCC1. The van der Waals surface area contributed by atoms with Gasteiger partial charge in [-0.25, -0.2) is 0 Å². The predicted octanol–water partition coefficient (Wildman–Crippen LogP) is 2.21. The largest absolute Gasteiger partial charge is 0.313 e. The molecule has 0 spiro atoms. The van der Waals surface area contributed by atoms with E-state index < -0.39 is 0 Å². The van der Waals surface area contributed by atoms with Gasteiger partial charge in [0.15, 0.2) is 0 Å². The number of hydrogen-bond acceptors (Lipinski definition) is 3. The molecule has 4 heteroatoms. The average molecular weight is 220 g/mol. The molecule has 2 heterocycles. The molecule has 1 aromatic rings. The Bertz CT molecular complexity index is 335. The highest BCUT2D eigenvalue weighted by atomic mass is 15.3. The highest BCUT2D eigenvalue weighted by Crippen LogP contribution is 2.32. The number of nitrogens with zero attached hydrogens (tertiary/aromatic N) is 3. The van der Waals surface area contributed by atoms with Crippen molar-refractivity contribution in [2.24, 2.45) is 0 Å². The van der Waals surface area contributed by atoms with Crippen molar-refractivity contribution in [1.29, 1.82) is 0 Å². The maximum atomic E-state index is 4.33. The van der Waals surface area contributed by atoms with E-state index in [1.165, 1.54) is 50.8 Å². The molecule has 0 bridgehead atoms. The number of aromatic nitrogens is 3. The van der Waals surface area contributed by atoms with Crippen molar-refractivity contribution >= 4 is 0 Å². The van der Waals surface area contributed by atoms with Crippen LogP contribution in [-0.2, 0) is 0 Å². The van der Waals surface area contributed by atoms with Crippen LogP contribution in [0.1, 0.15) is 62.9 Å². The van der Waals surface area contributed by atoms with Gasteiger partial charge in [-0.15, -0.1) is 10.2 Å². The number of nitrogens with one attached hydrogen (secondary N) is 1. The van der Waals surface area contributed by atoms with Gasteiger partial charge in [0.2, 0.25) is 0 Å². The minimum Gasteiger partial charge on any atom is -0.313 e. The minimum atomic E-state index is 0.442. The van der Waals surface area contributed by atoms with Crippen LogP contribution in [-0.4, -0.2) is 21.3 Å². The Kier molecular flexibility index (Phi) is 2.91. The lowest BCUT2D eigenvalue weighted by molar-refractivity contribution is 0.370. The molecule has 0 amide bonds. The van der Waals surface area contributed by atoms with Crippen molar-refractivity contribution in [3.05, 3.63) is 12.2 Å². The molecule has 4 nitrogen and oxygen atoms in total. The first-order valence-electron chi connectivity index (χ1n) is 6.58. The van der Waals surface area contributed by atoms with Gasteiger partial charge in [0.1, 0.15) is 12.2 Å². The summed E-state index contributed by atoms with van der Waals surface area (Å²) in [4.78, 5) is 0. The van der Waals surface area contributed by atoms with Crippen LogP contribution in [0.2, 0.25) is 0 Å². The van der Waals surface area contributed by atoms with Gasteiger partial charge in [0, 0.05) is 6.04 Å². The number of hydrogen-bond donors (Lipinski definition) is 1. The monoisotopic (exact) mass is 220 g/mol. The molecule has 16 heavy (non-hydrogen) atoms. The van der Waals surface area contributed by atoms with Gasteiger partial charge in [-0.2, -0.15) is 0 Å². The third-order valence-corrected chi connectivity index (χ3v) is 3.94. The summed E-state index contributed by atoms with van der Waals surface area (Å²) in [6.07, 6.45) is 11.1. The van der Waals surface area contributed by atoms with Gasteiger partial charge in [-0.1, -0.05) is 19.3 Å². The Balaban J connectivity index is 1.80. The van der Waals surface area contributed by atoms with Crippen LogP contribution in [0.3, 0.4) is 0 Å². The molecule has 1 saturated carbocycles. The van der Waals surface area contributed by atoms with E-state index in [0.29, 0.717) is 12.1 Å². The summed E-state index contributed by atoms with van der Waals surface area (Å²) in [6, 6.07) is 1.10. The lowest BCUT2D eigenvalue weighted by Crippen LogP contribution is -2.29. The van der Waals surface area contributed by atoms with E-state index in [9.17, 15) is 0 Å². The molecule has 3 rings (SSSR count).